The third kappa shape index (κ3) is 4.35. The van der Waals surface area contributed by atoms with Crippen LogP contribution in [0, 0.1) is 0 Å². The van der Waals surface area contributed by atoms with Gasteiger partial charge in [-0.2, -0.15) is 0 Å². The van der Waals surface area contributed by atoms with Gasteiger partial charge in [0.05, 0.1) is 10.6 Å². The second-order valence-electron chi connectivity index (χ2n) is 7.30. The lowest BCUT2D eigenvalue weighted by Crippen LogP contribution is -2.11. The first kappa shape index (κ1) is 21.2. The van der Waals surface area contributed by atoms with Gasteiger partial charge < -0.3 is 14.2 Å². The molecule has 0 aliphatic heterocycles. The molecule has 162 valence electrons. The van der Waals surface area contributed by atoms with Crippen molar-refractivity contribution < 1.29 is 13.6 Å². The van der Waals surface area contributed by atoms with E-state index in [1.54, 1.807) is 48.5 Å². The van der Waals surface area contributed by atoms with E-state index in [2.05, 4.69) is 21.2 Å². The Hall–Kier alpha value is -3.61. The second-order valence-corrected chi connectivity index (χ2v) is 8.63. The molecule has 0 fully saturated rings. The van der Waals surface area contributed by atoms with Gasteiger partial charge in [0.25, 0.3) is 5.91 Å². The largest absolute Gasteiger partial charge is 0.451 e. The molecule has 0 atom stereocenters. The van der Waals surface area contributed by atoms with Gasteiger partial charge in [-0.15, -0.1) is 0 Å². The highest BCUT2D eigenvalue weighted by Gasteiger charge is 2.15. The van der Waals surface area contributed by atoms with Crippen molar-refractivity contribution in [2.24, 2.45) is 0 Å². The van der Waals surface area contributed by atoms with Crippen LogP contribution in [0.3, 0.4) is 0 Å². The van der Waals surface area contributed by atoms with E-state index in [4.69, 9.17) is 20.4 Å². The molecule has 0 saturated heterocycles. The van der Waals surface area contributed by atoms with E-state index in [1.165, 1.54) is 0 Å². The van der Waals surface area contributed by atoms with E-state index in [-0.39, 0.29) is 5.76 Å². The van der Waals surface area contributed by atoms with Crippen molar-refractivity contribution in [3.8, 4) is 22.5 Å². The van der Waals surface area contributed by atoms with Crippen LogP contribution in [0.4, 0.5) is 5.69 Å². The van der Waals surface area contributed by atoms with E-state index in [1.807, 2.05) is 36.4 Å². The minimum absolute atomic E-state index is 0.170. The minimum atomic E-state index is -0.483. The first-order valence-electron chi connectivity index (χ1n) is 9.98. The Labute approximate surface area is 201 Å². The average Bonchev–Trinajstić information content (AvgIpc) is 3.30. The van der Waals surface area contributed by atoms with Crippen LogP contribution in [0.25, 0.3) is 33.4 Å². The van der Waals surface area contributed by atoms with Crippen molar-refractivity contribution in [3.05, 3.63) is 111 Å². The van der Waals surface area contributed by atoms with E-state index < -0.39 is 11.5 Å². The summed E-state index contributed by atoms with van der Waals surface area (Å²) in [5.74, 6) is 0.347. The van der Waals surface area contributed by atoms with Crippen LogP contribution in [-0.2, 0) is 0 Å². The van der Waals surface area contributed by atoms with Crippen molar-refractivity contribution in [1.82, 2.24) is 0 Å². The van der Waals surface area contributed by atoms with Crippen LogP contribution in [0.1, 0.15) is 10.6 Å². The second kappa shape index (κ2) is 8.73. The molecule has 0 saturated carbocycles. The van der Waals surface area contributed by atoms with Crippen molar-refractivity contribution in [3.63, 3.8) is 0 Å². The van der Waals surface area contributed by atoms with Gasteiger partial charge in [-0.05, 0) is 48.5 Å². The van der Waals surface area contributed by atoms with Crippen molar-refractivity contribution in [2.75, 3.05) is 5.32 Å². The Morgan fingerprint density at radius 2 is 1.64 bits per heavy atom. The number of anilines is 1. The Morgan fingerprint density at radius 1 is 0.848 bits per heavy atom. The fourth-order valence-electron chi connectivity index (χ4n) is 3.48. The number of hydrogen-bond acceptors (Lipinski definition) is 4. The zero-order valence-corrected chi connectivity index (χ0v) is 19.3. The fourth-order valence-corrected chi connectivity index (χ4v) is 4.03. The Morgan fingerprint density at radius 3 is 2.42 bits per heavy atom. The van der Waals surface area contributed by atoms with E-state index >= 15 is 0 Å². The first-order chi connectivity index (χ1) is 16.0. The summed E-state index contributed by atoms with van der Waals surface area (Å²) >= 11 is 9.85. The molecule has 5 nitrogen and oxygen atoms in total. The molecule has 0 radical (unpaired) electrons. The Kier molecular flexibility index (Phi) is 5.62. The van der Waals surface area contributed by atoms with Gasteiger partial charge in [0, 0.05) is 26.7 Å². The van der Waals surface area contributed by atoms with Gasteiger partial charge in [-0.25, -0.2) is 4.79 Å². The predicted octanol–water partition coefficient (Wildman–Crippen LogP) is 7.39. The molecule has 0 spiro atoms. The van der Waals surface area contributed by atoms with Crippen LogP contribution in [0.2, 0.25) is 5.02 Å². The summed E-state index contributed by atoms with van der Waals surface area (Å²) in [4.78, 5) is 25.1. The molecule has 0 aliphatic carbocycles. The zero-order chi connectivity index (χ0) is 22.9. The molecule has 0 bridgehead atoms. The third-order valence-electron chi connectivity index (χ3n) is 5.12. The van der Waals surface area contributed by atoms with Gasteiger partial charge in [-0.3, -0.25) is 4.79 Å². The molecule has 1 N–H and O–H groups in total. The summed E-state index contributed by atoms with van der Waals surface area (Å²) in [5.41, 5.74) is 2.22. The van der Waals surface area contributed by atoms with Gasteiger partial charge in [0.15, 0.2) is 5.76 Å². The third-order valence-corrected chi connectivity index (χ3v) is 5.96. The number of carbonyl (C=O) groups excluding carboxylic acids is 1. The van der Waals surface area contributed by atoms with E-state index in [0.29, 0.717) is 33.2 Å². The number of furan rings is 1. The number of para-hydroxylation sites is 1. The molecular formula is C26H15BrClNO4. The summed E-state index contributed by atoms with van der Waals surface area (Å²) < 4.78 is 12.1. The van der Waals surface area contributed by atoms with Gasteiger partial charge in [0.1, 0.15) is 11.3 Å². The lowest BCUT2D eigenvalue weighted by Gasteiger charge is -2.08. The molecule has 0 unspecified atom stereocenters. The molecule has 33 heavy (non-hydrogen) atoms. The molecule has 1 amide bonds. The molecule has 3 aromatic carbocycles. The number of fused-ring (bicyclic) bond motifs is 1. The maximum Gasteiger partial charge on any atom is 0.344 e. The average molecular weight is 521 g/mol. The Balaban J connectivity index is 1.38. The van der Waals surface area contributed by atoms with Crippen LogP contribution in [-0.4, -0.2) is 5.91 Å². The number of halogens is 2. The van der Waals surface area contributed by atoms with Crippen molar-refractivity contribution in [2.45, 2.75) is 0 Å². The van der Waals surface area contributed by atoms with Crippen LogP contribution >= 0.6 is 27.5 Å². The monoisotopic (exact) mass is 519 g/mol. The number of amides is 1. The highest BCUT2D eigenvalue weighted by atomic mass is 79.9. The summed E-state index contributed by atoms with van der Waals surface area (Å²) in [6.07, 6.45) is 0. The van der Waals surface area contributed by atoms with Crippen molar-refractivity contribution in [1.29, 1.82) is 0 Å². The summed E-state index contributed by atoms with van der Waals surface area (Å²) in [6.45, 7) is 0. The van der Waals surface area contributed by atoms with Gasteiger partial charge >= 0.3 is 5.63 Å². The maximum atomic E-state index is 12.7. The lowest BCUT2D eigenvalue weighted by atomic mass is 10.1. The number of hydrogen-bond donors (Lipinski definition) is 1. The number of nitrogens with one attached hydrogen (secondary N) is 1. The smallest absolute Gasteiger partial charge is 0.344 e. The van der Waals surface area contributed by atoms with Crippen LogP contribution in [0.15, 0.2) is 103 Å². The van der Waals surface area contributed by atoms with Crippen LogP contribution < -0.4 is 10.9 Å². The van der Waals surface area contributed by atoms with E-state index in [9.17, 15) is 9.59 Å². The molecule has 0 aliphatic rings. The first-order valence-corrected chi connectivity index (χ1v) is 11.1. The van der Waals surface area contributed by atoms with Crippen molar-refractivity contribution >= 4 is 50.1 Å². The summed E-state index contributed by atoms with van der Waals surface area (Å²) in [6, 6.07) is 24.9. The maximum absolute atomic E-state index is 12.7. The highest BCUT2D eigenvalue weighted by molar-refractivity contribution is 9.10. The number of benzene rings is 3. The molecule has 7 heteroatoms. The SMILES string of the molecule is O=C(Nc1ccc(-c2cc3ccccc3oc2=O)c(Cl)c1)c1ccc(-c2ccc(Br)cc2)o1. The minimum Gasteiger partial charge on any atom is -0.451 e. The quantitative estimate of drug-likeness (QED) is 0.251. The molecule has 5 rings (SSSR count). The molecular weight excluding hydrogens is 506 g/mol. The number of carbonyl (C=O) groups is 1. The van der Waals surface area contributed by atoms with Gasteiger partial charge in [0.2, 0.25) is 0 Å². The molecule has 2 heterocycles. The standard InChI is InChI=1S/C26H15BrClNO4/c27-17-7-5-15(6-8-17)23-11-12-24(32-23)25(30)29-18-9-10-19(21(28)14-18)20-13-16-3-1-2-4-22(16)33-26(20)31/h1-14H,(H,29,30). The molecule has 2 aromatic heterocycles. The normalized spacial score (nSPS) is 11.0. The zero-order valence-electron chi connectivity index (χ0n) is 17.0. The highest BCUT2D eigenvalue weighted by Crippen LogP contribution is 2.31. The Bertz CT molecular complexity index is 1550. The van der Waals surface area contributed by atoms with Crippen LogP contribution in [0.5, 0.6) is 0 Å². The predicted molar refractivity (Wildman–Crippen MR) is 133 cm³/mol. The summed E-state index contributed by atoms with van der Waals surface area (Å²) in [5, 5.41) is 3.87. The summed E-state index contributed by atoms with van der Waals surface area (Å²) in [7, 11) is 0. The topological polar surface area (TPSA) is 72.5 Å². The number of rotatable bonds is 4. The van der Waals surface area contributed by atoms with Gasteiger partial charge in [-0.1, -0.05) is 63.9 Å². The molecule has 5 aromatic rings. The van der Waals surface area contributed by atoms with E-state index in [0.717, 1.165) is 15.4 Å². The fraction of sp³-hybridized carbons (Fsp3) is 0. The lowest BCUT2D eigenvalue weighted by molar-refractivity contribution is 0.0997.